The zero-order valence-corrected chi connectivity index (χ0v) is 21.3. The lowest BCUT2D eigenvalue weighted by atomic mass is 9.95. The molecule has 2 aromatic carbocycles. The average Bonchev–Trinajstić information content (AvgIpc) is 3.20. The van der Waals surface area contributed by atoms with Gasteiger partial charge in [-0.15, -0.1) is 0 Å². The summed E-state index contributed by atoms with van der Waals surface area (Å²) in [5.41, 5.74) is 1.97. The lowest BCUT2D eigenvalue weighted by Crippen LogP contribution is -2.40. The number of aromatic nitrogens is 1. The highest BCUT2D eigenvalue weighted by Gasteiger charge is 2.34. The number of benzene rings is 2. The van der Waals surface area contributed by atoms with Gasteiger partial charge < -0.3 is 18.9 Å². The SMILES string of the molecule is C=CCOC(=O)C1=C(C)N=c2sc(=Cc3ccc(OC)cc3)c(=O)n2C1c1ccc(OC)c(OC)c1. The standard InChI is InChI=1S/C27H26N2O6S/c1-6-13-35-26(31)23-16(2)28-27-29(24(23)18-9-12-20(33-4)21(15-18)34-5)25(30)22(36-27)14-17-7-10-19(32-3)11-8-17/h6-12,14-15,24H,1,13H2,2-5H3. The third-order valence-electron chi connectivity index (χ3n) is 5.71. The number of methoxy groups -OCH3 is 3. The van der Waals surface area contributed by atoms with Crippen molar-refractivity contribution < 1.29 is 23.7 Å². The molecule has 36 heavy (non-hydrogen) atoms. The predicted molar refractivity (Wildman–Crippen MR) is 137 cm³/mol. The number of esters is 1. The first-order chi connectivity index (χ1) is 17.4. The fourth-order valence-electron chi connectivity index (χ4n) is 3.98. The van der Waals surface area contributed by atoms with Gasteiger partial charge in [-0.05, 0) is 48.4 Å². The highest BCUT2D eigenvalue weighted by Crippen LogP contribution is 2.36. The van der Waals surface area contributed by atoms with Crippen LogP contribution in [0.1, 0.15) is 24.1 Å². The van der Waals surface area contributed by atoms with Crippen LogP contribution in [0.3, 0.4) is 0 Å². The van der Waals surface area contributed by atoms with E-state index in [0.717, 1.165) is 11.3 Å². The van der Waals surface area contributed by atoms with Gasteiger partial charge in [-0.1, -0.05) is 42.2 Å². The van der Waals surface area contributed by atoms with Crippen molar-refractivity contribution in [2.75, 3.05) is 27.9 Å². The van der Waals surface area contributed by atoms with Crippen LogP contribution < -0.4 is 29.1 Å². The van der Waals surface area contributed by atoms with Crippen molar-refractivity contribution in [2.24, 2.45) is 4.99 Å². The summed E-state index contributed by atoms with van der Waals surface area (Å²) in [6, 6.07) is 11.9. The maximum atomic E-state index is 13.7. The van der Waals surface area contributed by atoms with Crippen molar-refractivity contribution in [1.82, 2.24) is 4.57 Å². The summed E-state index contributed by atoms with van der Waals surface area (Å²) >= 11 is 1.26. The highest BCUT2D eigenvalue weighted by atomic mass is 32.1. The van der Waals surface area contributed by atoms with Gasteiger partial charge in [0.05, 0.1) is 43.2 Å². The minimum absolute atomic E-state index is 0.0379. The molecule has 0 amide bonds. The molecule has 0 aliphatic carbocycles. The van der Waals surface area contributed by atoms with E-state index in [2.05, 4.69) is 11.6 Å². The molecule has 1 aliphatic rings. The monoisotopic (exact) mass is 506 g/mol. The van der Waals surface area contributed by atoms with Crippen LogP contribution in [0.15, 0.2) is 76.2 Å². The molecule has 0 saturated carbocycles. The van der Waals surface area contributed by atoms with E-state index >= 15 is 0 Å². The number of rotatable bonds is 8. The van der Waals surface area contributed by atoms with Crippen molar-refractivity contribution >= 4 is 23.4 Å². The second-order valence-electron chi connectivity index (χ2n) is 7.86. The normalized spacial score (nSPS) is 15.1. The first-order valence-corrected chi connectivity index (χ1v) is 11.9. The Balaban J connectivity index is 1.93. The van der Waals surface area contributed by atoms with E-state index < -0.39 is 12.0 Å². The average molecular weight is 507 g/mol. The molecule has 0 N–H and O–H groups in total. The van der Waals surface area contributed by atoms with E-state index in [1.807, 2.05) is 24.3 Å². The molecule has 0 saturated heterocycles. The number of hydrogen-bond acceptors (Lipinski definition) is 8. The Bertz CT molecular complexity index is 1520. The molecule has 1 atom stereocenters. The second kappa shape index (κ2) is 10.7. The van der Waals surface area contributed by atoms with Gasteiger partial charge in [0.25, 0.3) is 5.56 Å². The first kappa shape index (κ1) is 25.0. The Labute approximate surface area is 212 Å². The van der Waals surface area contributed by atoms with Gasteiger partial charge in [0, 0.05) is 0 Å². The fourth-order valence-corrected chi connectivity index (χ4v) is 5.03. The number of hydrogen-bond donors (Lipinski definition) is 0. The van der Waals surface area contributed by atoms with Gasteiger partial charge >= 0.3 is 5.97 Å². The predicted octanol–water partition coefficient (Wildman–Crippen LogP) is 2.99. The summed E-state index contributed by atoms with van der Waals surface area (Å²) in [7, 11) is 4.67. The number of nitrogens with zero attached hydrogens (tertiary/aromatic N) is 2. The number of allylic oxidation sites excluding steroid dienone is 1. The topological polar surface area (TPSA) is 88.4 Å². The molecule has 1 aliphatic heterocycles. The maximum absolute atomic E-state index is 13.7. The summed E-state index contributed by atoms with van der Waals surface area (Å²) in [6.45, 7) is 5.38. The van der Waals surface area contributed by atoms with E-state index in [4.69, 9.17) is 18.9 Å². The van der Waals surface area contributed by atoms with E-state index in [0.29, 0.717) is 32.1 Å². The lowest BCUT2D eigenvalue weighted by Gasteiger charge is -2.25. The molecular weight excluding hydrogens is 480 g/mol. The molecule has 0 spiro atoms. The van der Waals surface area contributed by atoms with Crippen LogP contribution in [0.25, 0.3) is 6.08 Å². The van der Waals surface area contributed by atoms with E-state index in [9.17, 15) is 9.59 Å². The first-order valence-electron chi connectivity index (χ1n) is 11.1. The summed E-state index contributed by atoms with van der Waals surface area (Å²) < 4.78 is 23.4. The van der Waals surface area contributed by atoms with Crippen LogP contribution in [-0.4, -0.2) is 38.5 Å². The summed E-state index contributed by atoms with van der Waals surface area (Å²) in [5.74, 6) is 1.16. The molecule has 1 aromatic heterocycles. The highest BCUT2D eigenvalue weighted by molar-refractivity contribution is 7.07. The van der Waals surface area contributed by atoms with E-state index in [-0.39, 0.29) is 17.7 Å². The molecule has 1 unspecified atom stereocenters. The molecule has 186 valence electrons. The number of carbonyl (C=O) groups is 1. The molecule has 0 bridgehead atoms. The largest absolute Gasteiger partial charge is 0.497 e. The minimum atomic E-state index is -0.767. The van der Waals surface area contributed by atoms with Crippen molar-refractivity contribution in [1.29, 1.82) is 0 Å². The lowest BCUT2D eigenvalue weighted by molar-refractivity contribution is -0.138. The number of fused-ring (bicyclic) bond motifs is 1. The summed E-state index contributed by atoms with van der Waals surface area (Å²) in [4.78, 5) is 31.9. The third kappa shape index (κ3) is 4.70. The van der Waals surface area contributed by atoms with Crippen molar-refractivity contribution in [2.45, 2.75) is 13.0 Å². The van der Waals surface area contributed by atoms with Crippen LogP contribution in [0.2, 0.25) is 0 Å². The van der Waals surface area contributed by atoms with Gasteiger partial charge in [-0.2, -0.15) is 0 Å². The zero-order chi connectivity index (χ0) is 25.8. The Morgan fingerprint density at radius 3 is 2.44 bits per heavy atom. The van der Waals surface area contributed by atoms with Crippen LogP contribution in [0, 0.1) is 0 Å². The third-order valence-corrected chi connectivity index (χ3v) is 6.69. The Kier molecular flexibility index (Phi) is 7.40. The van der Waals surface area contributed by atoms with Gasteiger partial charge in [0.2, 0.25) is 0 Å². The molecule has 8 nitrogen and oxygen atoms in total. The molecule has 3 aromatic rings. The maximum Gasteiger partial charge on any atom is 0.338 e. The number of thiazole rings is 1. The Hall–Kier alpha value is -4.11. The second-order valence-corrected chi connectivity index (χ2v) is 8.87. The molecule has 4 rings (SSSR count). The van der Waals surface area contributed by atoms with Crippen LogP contribution in [-0.2, 0) is 9.53 Å². The number of carbonyl (C=O) groups excluding carboxylic acids is 1. The van der Waals surface area contributed by atoms with Crippen molar-refractivity contribution in [3.05, 3.63) is 97.2 Å². The quantitative estimate of drug-likeness (QED) is 0.345. The Morgan fingerprint density at radius 1 is 1.08 bits per heavy atom. The fraction of sp³-hybridized carbons (Fsp3) is 0.222. The van der Waals surface area contributed by atoms with Crippen molar-refractivity contribution in [3.63, 3.8) is 0 Å². The van der Waals surface area contributed by atoms with E-state index in [1.54, 1.807) is 45.4 Å². The molecule has 2 heterocycles. The van der Waals surface area contributed by atoms with Crippen LogP contribution in [0.4, 0.5) is 0 Å². The molecule has 0 fully saturated rings. The summed E-state index contributed by atoms with van der Waals surface area (Å²) in [6.07, 6.45) is 3.28. The minimum Gasteiger partial charge on any atom is -0.497 e. The molecular formula is C27H26N2O6S. The zero-order valence-electron chi connectivity index (χ0n) is 20.4. The van der Waals surface area contributed by atoms with Gasteiger partial charge in [0.15, 0.2) is 16.3 Å². The van der Waals surface area contributed by atoms with Gasteiger partial charge in [0.1, 0.15) is 12.4 Å². The van der Waals surface area contributed by atoms with Gasteiger partial charge in [-0.25, -0.2) is 9.79 Å². The molecule has 0 radical (unpaired) electrons. The number of ether oxygens (including phenoxy) is 4. The smallest absolute Gasteiger partial charge is 0.338 e. The Morgan fingerprint density at radius 2 is 1.81 bits per heavy atom. The van der Waals surface area contributed by atoms with Crippen molar-refractivity contribution in [3.8, 4) is 17.2 Å². The van der Waals surface area contributed by atoms with Crippen LogP contribution >= 0.6 is 11.3 Å². The van der Waals surface area contributed by atoms with E-state index in [1.165, 1.54) is 29.1 Å². The summed E-state index contributed by atoms with van der Waals surface area (Å²) in [5, 5.41) is 0. The van der Waals surface area contributed by atoms with Gasteiger partial charge in [-0.3, -0.25) is 9.36 Å². The molecule has 9 heteroatoms. The van der Waals surface area contributed by atoms with Crippen LogP contribution in [0.5, 0.6) is 17.2 Å².